The predicted octanol–water partition coefficient (Wildman–Crippen LogP) is 3.03. The molecule has 2 bridgehead atoms. The van der Waals surface area contributed by atoms with Gasteiger partial charge in [0, 0.05) is 11.6 Å². The van der Waals surface area contributed by atoms with E-state index in [2.05, 4.69) is 18.0 Å². The molecule has 0 amide bonds. The number of ether oxygens (including phenoxy) is 1. The van der Waals surface area contributed by atoms with Crippen LogP contribution in [0.4, 0.5) is 0 Å². The normalized spacial score (nSPS) is 29.4. The van der Waals surface area contributed by atoms with Gasteiger partial charge in [0.05, 0.1) is 12.7 Å². The smallest absolute Gasteiger partial charge is 0.338 e. The highest BCUT2D eigenvalue weighted by Crippen LogP contribution is 2.45. The predicted molar refractivity (Wildman–Crippen MR) is 78.9 cm³/mol. The van der Waals surface area contributed by atoms with E-state index >= 15 is 0 Å². The number of rotatable bonds is 3. The van der Waals surface area contributed by atoms with Crippen LogP contribution >= 0.6 is 0 Å². The van der Waals surface area contributed by atoms with Gasteiger partial charge in [-0.05, 0) is 50.8 Å². The molecule has 2 aliphatic heterocycles. The van der Waals surface area contributed by atoms with Gasteiger partial charge in [-0.15, -0.1) is 0 Å². The Labute approximate surface area is 120 Å². The van der Waals surface area contributed by atoms with Crippen molar-refractivity contribution in [1.82, 2.24) is 4.90 Å². The molecule has 2 aliphatic rings. The van der Waals surface area contributed by atoms with Gasteiger partial charge in [-0.25, -0.2) is 4.79 Å². The van der Waals surface area contributed by atoms with Crippen LogP contribution < -0.4 is 0 Å². The summed E-state index contributed by atoms with van der Waals surface area (Å²) in [5.41, 5.74) is 2.12. The van der Waals surface area contributed by atoms with E-state index < -0.39 is 0 Å². The number of nitrogens with zero attached hydrogens (tertiary/aromatic N) is 1. The molecule has 2 heterocycles. The molecule has 0 radical (unpaired) electrons. The van der Waals surface area contributed by atoms with Gasteiger partial charge in [-0.2, -0.15) is 0 Å². The monoisotopic (exact) mass is 273 g/mol. The van der Waals surface area contributed by atoms with Crippen molar-refractivity contribution in [1.29, 1.82) is 0 Å². The van der Waals surface area contributed by atoms with Gasteiger partial charge in [-0.1, -0.05) is 24.6 Å². The number of likely N-dealkylation sites (N-methyl/N-ethyl adjacent to an activating group) is 1. The summed E-state index contributed by atoms with van der Waals surface area (Å²) in [6.07, 6.45) is 7.41. The maximum atomic E-state index is 11.9. The van der Waals surface area contributed by atoms with Crippen molar-refractivity contribution in [3.63, 3.8) is 0 Å². The van der Waals surface area contributed by atoms with E-state index in [0.717, 1.165) is 23.6 Å². The molecule has 3 heteroatoms. The largest absolute Gasteiger partial charge is 0.465 e. The maximum absolute atomic E-state index is 11.9. The van der Waals surface area contributed by atoms with Crippen LogP contribution in [0.3, 0.4) is 0 Å². The van der Waals surface area contributed by atoms with Crippen molar-refractivity contribution in [3.05, 3.63) is 35.4 Å². The van der Waals surface area contributed by atoms with E-state index in [9.17, 15) is 4.79 Å². The van der Waals surface area contributed by atoms with E-state index in [1.54, 1.807) is 0 Å². The van der Waals surface area contributed by atoms with E-state index in [-0.39, 0.29) is 11.5 Å². The second-order valence-corrected chi connectivity index (χ2v) is 6.25. The fourth-order valence-electron chi connectivity index (χ4n) is 4.14. The van der Waals surface area contributed by atoms with Gasteiger partial charge in [-0.3, -0.25) is 4.90 Å². The molecule has 3 rings (SSSR count). The Hall–Kier alpha value is -1.35. The summed E-state index contributed by atoms with van der Waals surface area (Å²) >= 11 is 0. The molecule has 1 aromatic carbocycles. The zero-order chi connectivity index (χ0) is 14.2. The lowest BCUT2D eigenvalue weighted by Gasteiger charge is -2.43. The molecule has 20 heavy (non-hydrogen) atoms. The number of carbonyl (C=O) groups is 1. The number of piperidine rings is 1. The molecule has 2 fully saturated rings. The van der Waals surface area contributed by atoms with Gasteiger partial charge >= 0.3 is 5.97 Å². The van der Waals surface area contributed by atoms with E-state index in [0.29, 0.717) is 0 Å². The molecular formula is C17H23NO2. The molecule has 0 aliphatic carbocycles. The minimum Gasteiger partial charge on any atom is -0.465 e. The summed E-state index contributed by atoms with van der Waals surface area (Å²) in [5, 5.41) is 0. The number of hydrogen-bond acceptors (Lipinski definition) is 3. The van der Waals surface area contributed by atoms with Crippen molar-refractivity contribution in [3.8, 4) is 0 Å². The molecule has 0 N–H and O–H groups in total. The first-order valence-electron chi connectivity index (χ1n) is 7.55. The van der Waals surface area contributed by atoms with E-state index in [1.807, 2.05) is 18.2 Å². The molecular weight excluding hydrogens is 250 g/mol. The molecule has 0 unspecified atom stereocenters. The van der Waals surface area contributed by atoms with Gasteiger partial charge in [0.1, 0.15) is 0 Å². The van der Waals surface area contributed by atoms with Crippen LogP contribution in [0.5, 0.6) is 0 Å². The average molecular weight is 273 g/mol. The van der Waals surface area contributed by atoms with Crippen molar-refractivity contribution >= 4 is 5.97 Å². The Balaban J connectivity index is 1.90. The average Bonchev–Trinajstić information content (AvgIpc) is 2.66. The maximum Gasteiger partial charge on any atom is 0.338 e. The number of benzene rings is 1. The summed E-state index contributed by atoms with van der Waals surface area (Å²) in [5.74, 6) is -0.218. The van der Waals surface area contributed by atoms with Gasteiger partial charge in [0.2, 0.25) is 0 Å². The summed E-state index contributed by atoms with van der Waals surface area (Å²) in [7, 11) is 3.72. The third-order valence-electron chi connectivity index (χ3n) is 5.36. The zero-order valence-electron chi connectivity index (χ0n) is 12.4. The first kappa shape index (κ1) is 13.6. The Bertz CT molecular complexity index is 509. The highest BCUT2D eigenvalue weighted by Gasteiger charge is 2.46. The van der Waals surface area contributed by atoms with E-state index in [4.69, 9.17) is 4.74 Å². The van der Waals surface area contributed by atoms with Crippen LogP contribution in [-0.2, 0) is 11.2 Å². The van der Waals surface area contributed by atoms with Crippen molar-refractivity contribution in [2.45, 2.75) is 50.1 Å². The van der Waals surface area contributed by atoms with Crippen LogP contribution in [0.15, 0.2) is 24.3 Å². The minimum absolute atomic E-state index is 0.218. The Kier molecular flexibility index (Phi) is 3.55. The topological polar surface area (TPSA) is 29.5 Å². The van der Waals surface area contributed by atoms with Gasteiger partial charge < -0.3 is 4.74 Å². The zero-order valence-corrected chi connectivity index (χ0v) is 12.4. The fourth-order valence-corrected chi connectivity index (χ4v) is 4.14. The quantitative estimate of drug-likeness (QED) is 0.793. The van der Waals surface area contributed by atoms with E-state index in [1.165, 1.54) is 39.2 Å². The van der Waals surface area contributed by atoms with Gasteiger partial charge in [0.25, 0.3) is 0 Å². The minimum atomic E-state index is -0.218. The van der Waals surface area contributed by atoms with Crippen LogP contribution in [0, 0.1) is 0 Å². The first-order valence-corrected chi connectivity index (χ1v) is 7.55. The van der Waals surface area contributed by atoms with Crippen LogP contribution in [-0.4, -0.2) is 36.6 Å². The molecule has 3 nitrogen and oxygen atoms in total. The number of esters is 1. The number of fused-ring (bicyclic) bond motifs is 2. The van der Waals surface area contributed by atoms with Crippen molar-refractivity contribution in [2.75, 3.05) is 14.2 Å². The number of hydrogen-bond donors (Lipinski definition) is 0. The second-order valence-electron chi connectivity index (χ2n) is 6.25. The highest BCUT2D eigenvalue weighted by molar-refractivity contribution is 5.91. The van der Waals surface area contributed by atoms with Gasteiger partial charge in [0.15, 0.2) is 0 Å². The Morgan fingerprint density at radius 2 is 2.15 bits per heavy atom. The lowest BCUT2D eigenvalue weighted by atomic mass is 9.82. The fraction of sp³-hybridized carbons (Fsp3) is 0.588. The summed E-state index contributed by atoms with van der Waals surface area (Å²) < 4.78 is 4.92. The summed E-state index contributed by atoms with van der Waals surface area (Å²) in [6, 6.07) is 8.64. The third kappa shape index (κ3) is 2.14. The lowest BCUT2D eigenvalue weighted by Crippen LogP contribution is -2.49. The molecule has 2 atom stereocenters. The molecule has 0 saturated carbocycles. The SMILES string of the molecule is COC(=O)c1ccccc1C[C@]12CCC[C@H](CC1)N2C. The Morgan fingerprint density at radius 3 is 2.95 bits per heavy atom. The van der Waals surface area contributed by atoms with Crippen LogP contribution in [0.25, 0.3) is 0 Å². The molecule has 0 aromatic heterocycles. The standard InChI is InChI=1S/C17H23NO2/c1-18-14-7-5-10-17(18,11-9-14)12-13-6-3-4-8-15(13)16(19)20-2/h3-4,6,8,14H,5,7,9-12H2,1-2H3/t14-,17+/m1/s1. The van der Waals surface area contributed by atoms with Crippen LogP contribution in [0.1, 0.15) is 48.0 Å². The second kappa shape index (κ2) is 5.21. The first-order chi connectivity index (χ1) is 9.66. The summed E-state index contributed by atoms with van der Waals surface area (Å²) in [4.78, 5) is 14.5. The van der Waals surface area contributed by atoms with Crippen LogP contribution in [0.2, 0.25) is 0 Å². The lowest BCUT2D eigenvalue weighted by molar-refractivity contribution is 0.0593. The molecule has 0 spiro atoms. The molecule has 1 aromatic rings. The number of carbonyl (C=O) groups excluding carboxylic acids is 1. The Morgan fingerprint density at radius 1 is 1.35 bits per heavy atom. The highest BCUT2D eigenvalue weighted by atomic mass is 16.5. The third-order valence-corrected chi connectivity index (χ3v) is 5.36. The van der Waals surface area contributed by atoms with Crippen molar-refractivity contribution in [2.24, 2.45) is 0 Å². The summed E-state index contributed by atoms with van der Waals surface area (Å²) in [6.45, 7) is 0. The molecule has 108 valence electrons. The molecule has 2 saturated heterocycles. The number of methoxy groups -OCH3 is 1. The van der Waals surface area contributed by atoms with Crippen molar-refractivity contribution < 1.29 is 9.53 Å².